The average Bonchev–Trinajstić information content (AvgIpc) is 2.93. The molecule has 0 amide bonds. The van der Waals surface area contributed by atoms with Gasteiger partial charge in [-0.15, -0.1) is 0 Å². The van der Waals surface area contributed by atoms with Gasteiger partial charge in [-0.1, -0.05) is 54.6 Å². The molecule has 0 aromatic heterocycles. The van der Waals surface area contributed by atoms with Gasteiger partial charge in [0.1, 0.15) is 0 Å². The standard InChI is InChI=1S/C31H35F3N2O/c32-31(33,34)24-11-14-28-27(19-24)30-26(29(35-28)23-9-5-2-6-10-23)13-12-25(37-30)20-36-17-15-22(16-18-36)21-7-3-1-4-8-21/h1-9,11,14,19,22-23,25-26,29-30,35H,10,12-13,15-18,20H2/t23?,25-,26+,29+,30+/m1/s1. The molecule has 3 nitrogen and oxygen atoms in total. The van der Waals surface area contributed by atoms with Gasteiger partial charge < -0.3 is 15.0 Å². The summed E-state index contributed by atoms with van der Waals surface area (Å²) in [6.45, 7) is 2.92. The molecule has 5 atom stereocenters. The molecular formula is C31H35F3N2O. The summed E-state index contributed by atoms with van der Waals surface area (Å²) in [5.41, 5.74) is 2.27. The second kappa shape index (κ2) is 10.3. The van der Waals surface area contributed by atoms with E-state index < -0.39 is 11.7 Å². The Morgan fingerprint density at radius 1 is 0.946 bits per heavy atom. The highest BCUT2D eigenvalue weighted by Gasteiger charge is 2.45. The van der Waals surface area contributed by atoms with Crippen LogP contribution in [0.5, 0.6) is 0 Å². The Hall–Kier alpha value is -2.57. The number of halogens is 3. The largest absolute Gasteiger partial charge is 0.416 e. The second-order valence-electron chi connectivity index (χ2n) is 11.1. The summed E-state index contributed by atoms with van der Waals surface area (Å²) >= 11 is 0. The Kier molecular flexibility index (Phi) is 6.89. The predicted octanol–water partition coefficient (Wildman–Crippen LogP) is 7.35. The highest BCUT2D eigenvalue weighted by atomic mass is 19.4. The van der Waals surface area contributed by atoms with Crippen molar-refractivity contribution in [1.82, 2.24) is 4.90 Å². The number of nitrogens with one attached hydrogen (secondary N) is 1. The van der Waals surface area contributed by atoms with Gasteiger partial charge in [-0.25, -0.2) is 0 Å². The highest BCUT2D eigenvalue weighted by Crippen LogP contribution is 2.49. The monoisotopic (exact) mass is 508 g/mol. The number of likely N-dealkylation sites (tertiary alicyclic amines) is 1. The van der Waals surface area contributed by atoms with E-state index in [4.69, 9.17) is 4.74 Å². The molecule has 6 rings (SSSR count). The molecule has 4 aliphatic rings. The Morgan fingerprint density at radius 2 is 1.76 bits per heavy atom. The molecule has 196 valence electrons. The van der Waals surface area contributed by atoms with Gasteiger partial charge >= 0.3 is 6.18 Å². The first-order chi connectivity index (χ1) is 18.0. The number of hydrogen-bond acceptors (Lipinski definition) is 3. The zero-order valence-corrected chi connectivity index (χ0v) is 21.0. The van der Waals surface area contributed by atoms with E-state index in [1.54, 1.807) is 6.07 Å². The predicted molar refractivity (Wildman–Crippen MR) is 140 cm³/mol. The van der Waals surface area contributed by atoms with Crippen LogP contribution in [0.4, 0.5) is 18.9 Å². The SMILES string of the molecule is FC(F)(F)c1ccc2c(c1)[C@H]1O[C@@H](CN3CCC(c4ccccc4)CC3)CC[C@H]1[C@H](C1C=CC=CC1)N2. The van der Waals surface area contributed by atoms with Crippen molar-refractivity contribution in [3.05, 3.63) is 89.5 Å². The van der Waals surface area contributed by atoms with Crippen LogP contribution in [0, 0.1) is 11.8 Å². The lowest BCUT2D eigenvalue weighted by atomic mass is 9.73. The molecule has 3 aliphatic heterocycles. The van der Waals surface area contributed by atoms with Gasteiger partial charge in [0.15, 0.2) is 0 Å². The minimum Gasteiger partial charge on any atom is -0.381 e. The number of rotatable bonds is 4. The topological polar surface area (TPSA) is 24.5 Å². The van der Waals surface area contributed by atoms with E-state index in [0.29, 0.717) is 17.4 Å². The zero-order valence-electron chi connectivity index (χ0n) is 21.0. The van der Waals surface area contributed by atoms with Crippen molar-refractivity contribution >= 4 is 5.69 Å². The Morgan fingerprint density at radius 3 is 2.49 bits per heavy atom. The summed E-state index contributed by atoms with van der Waals surface area (Å²) in [6.07, 6.45) is 9.01. The maximum atomic E-state index is 13.6. The van der Waals surface area contributed by atoms with Crippen molar-refractivity contribution in [3.8, 4) is 0 Å². The second-order valence-corrected chi connectivity index (χ2v) is 11.1. The number of benzene rings is 2. The van der Waals surface area contributed by atoms with E-state index in [2.05, 4.69) is 64.9 Å². The molecule has 0 bridgehead atoms. The van der Waals surface area contributed by atoms with Crippen molar-refractivity contribution in [2.75, 3.05) is 25.0 Å². The lowest BCUT2D eigenvalue weighted by molar-refractivity contribution is -0.138. The first-order valence-electron chi connectivity index (χ1n) is 13.7. The van der Waals surface area contributed by atoms with Gasteiger partial charge in [-0.05, 0) is 74.9 Å². The third-order valence-electron chi connectivity index (χ3n) is 8.81. The maximum Gasteiger partial charge on any atom is 0.416 e. The molecule has 0 saturated carbocycles. The van der Waals surface area contributed by atoms with Crippen molar-refractivity contribution in [3.63, 3.8) is 0 Å². The van der Waals surface area contributed by atoms with Crippen LogP contribution in [-0.4, -0.2) is 36.7 Å². The van der Waals surface area contributed by atoms with Crippen molar-refractivity contribution in [2.24, 2.45) is 11.8 Å². The molecule has 0 radical (unpaired) electrons. The minimum absolute atomic E-state index is 0.0393. The molecule has 1 N–H and O–H groups in total. The van der Waals surface area contributed by atoms with E-state index in [0.717, 1.165) is 57.4 Å². The average molecular weight is 509 g/mol. The first-order valence-corrected chi connectivity index (χ1v) is 13.7. The Bertz CT molecular complexity index is 1140. The molecule has 1 aliphatic carbocycles. The number of allylic oxidation sites excluding steroid dienone is 3. The third-order valence-corrected chi connectivity index (χ3v) is 8.81. The highest BCUT2D eigenvalue weighted by molar-refractivity contribution is 5.58. The maximum absolute atomic E-state index is 13.6. The molecule has 3 heterocycles. The van der Waals surface area contributed by atoms with E-state index in [1.165, 1.54) is 17.7 Å². The first kappa shape index (κ1) is 24.7. The van der Waals surface area contributed by atoms with Gasteiger partial charge in [0.05, 0.1) is 17.8 Å². The fraction of sp³-hybridized carbons (Fsp3) is 0.484. The van der Waals surface area contributed by atoms with E-state index in [1.807, 2.05) is 0 Å². The normalized spacial score (nSPS) is 30.4. The molecule has 2 saturated heterocycles. The minimum atomic E-state index is -4.37. The van der Waals surface area contributed by atoms with Gasteiger partial charge in [-0.2, -0.15) is 13.2 Å². The Balaban J connectivity index is 1.18. The van der Waals surface area contributed by atoms with Crippen LogP contribution in [0.25, 0.3) is 0 Å². The summed E-state index contributed by atoms with van der Waals surface area (Å²) in [7, 11) is 0. The van der Waals surface area contributed by atoms with Gasteiger partial charge in [0.2, 0.25) is 0 Å². The zero-order chi connectivity index (χ0) is 25.4. The summed E-state index contributed by atoms with van der Waals surface area (Å²) in [6, 6.07) is 15.0. The summed E-state index contributed by atoms with van der Waals surface area (Å²) in [5.74, 6) is 1.06. The van der Waals surface area contributed by atoms with Gasteiger partial charge in [0.25, 0.3) is 0 Å². The van der Waals surface area contributed by atoms with Crippen molar-refractivity contribution in [2.45, 2.75) is 62.4 Å². The molecule has 1 unspecified atom stereocenters. The van der Waals surface area contributed by atoms with E-state index in [9.17, 15) is 13.2 Å². The summed E-state index contributed by atoms with van der Waals surface area (Å²) < 4.78 is 47.5. The van der Waals surface area contributed by atoms with Crippen LogP contribution in [0.15, 0.2) is 72.8 Å². The fourth-order valence-electron chi connectivity index (χ4n) is 6.86. The quantitative estimate of drug-likeness (QED) is 0.467. The number of nitrogens with zero attached hydrogens (tertiary/aromatic N) is 1. The summed E-state index contributed by atoms with van der Waals surface area (Å²) in [5, 5.41) is 3.62. The summed E-state index contributed by atoms with van der Waals surface area (Å²) in [4.78, 5) is 2.49. The fourth-order valence-corrected chi connectivity index (χ4v) is 6.86. The van der Waals surface area contributed by atoms with Crippen molar-refractivity contribution in [1.29, 1.82) is 0 Å². The van der Waals surface area contributed by atoms with Crippen molar-refractivity contribution < 1.29 is 17.9 Å². The molecule has 2 aromatic rings. The Labute approximate surface area is 217 Å². The number of fused-ring (bicyclic) bond motifs is 3. The van der Waals surface area contributed by atoms with Crippen LogP contribution < -0.4 is 5.32 Å². The lowest BCUT2D eigenvalue weighted by Gasteiger charge is -2.48. The van der Waals surface area contributed by atoms with Gasteiger partial charge in [-0.3, -0.25) is 0 Å². The van der Waals surface area contributed by atoms with Crippen LogP contribution in [0.1, 0.15) is 60.8 Å². The third kappa shape index (κ3) is 5.23. The number of anilines is 1. The van der Waals surface area contributed by atoms with Crippen LogP contribution in [0.2, 0.25) is 0 Å². The van der Waals surface area contributed by atoms with Crippen LogP contribution in [-0.2, 0) is 10.9 Å². The number of piperidine rings is 1. The molecular weight excluding hydrogens is 473 g/mol. The number of alkyl halides is 3. The van der Waals surface area contributed by atoms with E-state index >= 15 is 0 Å². The molecule has 6 heteroatoms. The lowest BCUT2D eigenvalue weighted by Crippen LogP contribution is -2.49. The van der Waals surface area contributed by atoms with E-state index in [-0.39, 0.29) is 24.2 Å². The molecule has 37 heavy (non-hydrogen) atoms. The molecule has 2 aromatic carbocycles. The van der Waals surface area contributed by atoms with Gasteiger partial charge in [0, 0.05) is 35.7 Å². The molecule has 0 spiro atoms. The van der Waals surface area contributed by atoms with Crippen LogP contribution in [0.3, 0.4) is 0 Å². The smallest absolute Gasteiger partial charge is 0.381 e. The number of hydrogen-bond donors (Lipinski definition) is 1. The molecule has 2 fully saturated rings. The number of ether oxygens (including phenoxy) is 1. The van der Waals surface area contributed by atoms with Crippen LogP contribution >= 0.6 is 0 Å².